The van der Waals surface area contributed by atoms with E-state index < -0.39 is 0 Å². The van der Waals surface area contributed by atoms with Gasteiger partial charge in [0, 0.05) is 31.8 Å². The fourth-order valence-corrected chi connectivity index (χ4v) is 2.11. The Morgan fingerprint density at radius 1 is 1.44 bits per heavy atom. The number of rotatable bonds is 7. The first-order chi connectivity index (χ1) is 8.63. The van der Waals surface area contributed by atoms with Gasteiger partial charge in [0.2, 0.25) is 5.91 Å². The standard InChI is InChI=1S/C13H27N3O2/c1-11(2)16(7-3-6-14)10-13(17)15-12-4-8-18-9-5-12/h11-12H,3-10,14H2,1-2H3,(H,15,17). The van der Waals surface area contributed by atoms with Crippen LogP contribution in [0.3, 0.4) is 0 Å². The zero-order chi connectivity index (χ0) is 13.4. The van der Waals surface area contributed by atoms with Gasteiger partial charge < -0.3 is 15.8 Å². The van der Waals surface area contributed by atoms with E-state index in [-0.39, 0.29) is 11.9 Å². The van der Waals surface area contributed by atoms with Gasteiger partial charge in [-0.2, -0.15) is 0 Å². The Morgan fingerprint density at radius 3 is 2.67 bits per heavy atom. The molecule has 0 unspecified atom stereocenters. The summed E-state index contributed by atoms with van der Waals surface area (Å²) < 4.78 is 5.28. The highest BCUT2D eigenvalue weighted by Crippen LogP contribution is 2.06. The molecule has 3 N–H and O–H groups in total. The van der Waals surface area contributed by atoms with Gasteiger partial charge in [0.15, 0.2) is 0 Å². The van der Waals surface area contributed by atoms with Crippen molar-refractivity contribution in [2.45, 2.75) is 45.2 Å². The van der Waals surface area contributed by atoms with Crippen LogP contribution in [0.25, 0.3) is 0 Å². The monoisotopic (exact) mass is 257 g/mol. The van der Waals surface area contributed by atoms with E-state index >= 15 is 0 Å². The maximum atomic E-state index is 12.0. The molecular formula is C13H27N3O2. The van der Waals surface area contributed by atoms with Crippen LogP contribution in [0.2, 0.25) is 0 Å². The molecule has 0 atom stereocenters. The highest BCUT2D eigenvalue weighted by molar-refractivity contribution is 5.78. The number of ether oxygens (including phenoxy) is 1. The van der Waals surface area contributed by atoms with Gasteiger partial charge in [0.05, 0.1) is 6.54 Å². The summed E-state index contributed by atoms with van der Waals surface area (Å²) in [5.41, 5.74) is 5.52. The van der Waals surface area contributed by atoms with Crippen LogP contribution in [0, 0.1) is 0 Å². The predicted molar refractivity (Wildman–Crippen MR) is 72.4 cm³/mol. The van der Waals surface area contributed by atoms with E-state index in [9.17, 15) is 4.79 Å². The average Bonchev–Trinajstić information content (AvgIpc) is 2.35. The highest BCUT2D eigenvalue weighted by Gasteiger charge is 2.18. The SMILES string of the molecule is CC(C)N(CCCN)CC(=O)NC1CCOCC1. The number of amides is 1. The first-order valence-electron chi connectivity index (χ1n) is 6.94. The topological polar surface area (TPSA) is 67.6 Å². The molecule has 0 radical (unpaired) electrons. The van der Waals surface area contributed by atoms with Gasteiger partial charge >= 0.3 is 0 Å². The lowest BCUT2D eigenvalue weighted by Gasteiger charge is -2.28. The lowest BCUT2D eigenvalue weighted by molar-refractivity contribution is -0.124. The Morgan fingerprint density at radius 2 is 2.11 bits per heavy atom. The van der Waals surface area contributed by atoms with Crippen LogP contribution in [-0.4, -0.2) is 55.7 Å². The molecular weight excluding hydrogens is 230 g/mol. The summed E-state index contributed by atoms with van der Waals surface area (Å²) in [7, 11) is 0. The van der Waals surface area contributed by atoms with Crippen molar-refractivity contribution in [1.82, 2.24) is 10.2 Å². The second-order valence-corrected chi connectivity index (χ2v) is 5.16. The predicted octanol–water partition coefficient (Wildman–Crippen LogP) is 0.341. The molecule has 0 aromatic heterocycles. The Labute approximate surface area is 110 Å². The molecule has 5 nitrogen and oxygen atoms in total. The van der Waals surface area contributed by atoms with Crippen molar-refractivity contribution in [3.63, 3.8) is 0 Å². The fraction of sp³-hybridized carbons (Fsp3) is 0.923. The maximum absolute atomic E-state index is 12.0. The Hall–Kier alpha value is -0.650. The van der Waals surface area contributed by atoms with Gasteiger partial charge in [0.25, 0.3) is 0 Å². The Bertz CT molecular complexity index is 240. The maximum Gasteiger partial charge on any atom is 0.234 e. The number of hydrogen-bond acceptors (Lipinski definition) is 4. The minimum absolute atomic E-state index is 0.118. The minimum atomic E-state index is 0.118. The largest absolute Gasteiger partial charge is 0.381 e. The number of nitrogens with one attached hydrogen (secondary N) is 1. The van der Waals surface area contributed by atoms with Crippen LogP contribution >= 0.6 is 0 Å². The Kier molecular flexibility index (Phi) is 7.23. The van der Waals surface area contributed by atoms with Gasteiger partial charge in [-0.25, -0.2) is 0 Å². The van der Waals surface area contributed by atoms with Crippen molar-refractivity contribution in [3.8, 4) is 0 Å². The number of hydrogen-bond donors (Lipinski definition) is 2. The third-order valence-electron chi connectivity index (χ3n) is 3.31. The molecule has 1 amide bonds. The van der Waals surface area contributed by atoms with Crippen molar-refractivity contribution >= 4 is 5.91 Å². The molecule has 106 valence electrons. The van der Waals surface area contributed by atoms with Crippen LogP contribution < -0.4 is 11.1 Å². The molecule has 0 bridgehead atoms. The third-order valence-corrected chi connectivity index (χ3v) is 3.31. The summed E-state index contributed by atoms with van der Waals surface area (Å²) in [6.07, 6.45) is 2.79. The number of nitrogens with two attached hydrogens (primary N) is 1. The van der Waals surface area contributed by atoms with E-state index in [1.54, 1.807) is 0 Å². The first kappa shape index (κ1) is 15.4. The highest BCUT2D eigenvalue weighted by atomic mass is 16.5. The molecule has 1 heterocycles. The molecule has 1 aliphatic rings. The van der Waals surface area contributed by atoms with Gasteiger partial charge in [0.1, 0.15) is 0 Å². The van der Waals surface area contributed by atoms with Gasteiger partial charge in [-0.1, -0.05) is 0 Å². The number of carbonyl (C=O) groups is 1. The Balaban J connectivity index is 2.30. The molecule has 1 rings (SSSR count). The minimum Gasteiger partial charge on any atom is -0.381 e. The molecule has 0 aromatic carbocycles. The zero-order valence-corrected chi connectivity index (χ0v) is 11.7. The first-order valence-corrected chi connectivity index (χ1v) is 6.94. The van der Waals surface area contributed by atoms with Crippen LogP contribution in [0.4, 0.5) is 0 Å². The van der Waals surface area contributed by atoms with E-state index in [1.807, 2.05) is 0 Å². The van der Waals surface area contributed by atoms with Crippen molar-refractivity contribution in [2.75, 3.05) is 32.8 Å². The lowest BCUT2D eigenvalue weighted by atomic mass is 10.1. The number of carbonyl (C=O) groups excluding carboxylic acids is 1. The van der Waals surface area contributed by atoms with Crippen LogP contribution in [0.15, 0.2) is 0 Å². The van der Waals surface area contributed by atoms with Crippen LogP contribution in [-0.2, 0) is 9.53 Å². The van der Waals surface area contributed by atoms with E-state index in [0.717, 1.165) is 39.0 Å². The van der Waals surface area contributed by atoms with Gasteiger partial charge in [-0.05, 0) is 39.7 Å². The van der Waals surface area contributed by atoms with Crippen molar-refractivity contribution < 1.29 is 9.53 Å². The van der Waals surface area contributed by atoms with Crippen molar-refractivity contribution in [1.29, 1.82) is 0 Å². The summed E-state index contributed by atoms with van der Waals surface area (Å²) in [5.74, 6) is 0.118. The van der Waals surface area contributed by atoms with Crippen molar-refractivity contribution in [2.24, 2.45) is 5.73 Å². The zero-order valence-electron chi connectivity index (χ0n) is 11.7. The molecule has 0 aromatic rings. The second-order valence-electron chi connectivity index (χ2n) is 5.16. The fourth-order valence-electron chi connectivity index (χ4n) is 2.11. The normalized spacial score (nSPS) is 17.4. The van der Waals surface area contributed by atoms with Crippen LogP contribution in [0.1, 0.15) is 33.1 Å². The summed E-state index contributed by atoms with van der Waals surface area (Å²) >= 11 is 0. The van der Waals surface area contributed by atoms with Crippen molar-refractivity contribution in [3.05, 3.63) is 0 Å². The summed E-state index contributed by atoms with van der Waals surface area (Å²) in [5, 5.41) is 3.09. The molecule has 1 saturated heterocycles. The second kappa shape index (κ2) is 8.45. The average molecular weight is 257 g/mol. The summed E-state index contributed by atoms with van der Waals surface area (Å²) in [6, 6.07) is 0.659. The molecule has 1 fully saturated rings. The summed E-state index contributed by atoms with van der Waals surface area (Å²) in [6.45, 7) is 7.75. The molecule has 5 heteroatoms. The van der Waals surface area contributed by atoms with Gasteiger partial charge in [-0.3, -0.25) is 9.69 Å². The summed E-state index contributed by atoms with van der Waals surface area (Å²) in [4.78, 5) is 14.1. The van der Waals surface area contributed by atoms with Gasteiger partial charge in [-0.15, -0.1) is 0 Å². The molecule has 0 saturated carbocycles. The smallest absolute Gasteiger partial charge is 0.234 e. The van der Waals surface area contributed by atoms with E-state index in [0.29, 0.717) is 19.1 Å². The lowest BCUT2D eigenvalue weighted by Crippen LogP contribution is -2.46. The van der Waals surface area contributed by atoms with E-state index in [2.05, 4.69) is 24.1 Å². The van der Waals surface area contributed by atoms with E-state index in [4.69, 9.17) is 10.5 Å². The molecule has 0 aliphatic carbocycles. The van der Waals surface area contributed by atoms with Crippen LogP contribution in [0.5, 0.6) is 0 Å². The molecule has 18 heavy (non-hydrogen) atoms. The quantitative estimate of drug-likeness (QED) is 0.690. The molecule has 0 spiro atoms. The third kappa shape index (κ3) is 5.80. The number of nitrogens with zero attached hydrogens (tertiary/aromatic N) is 1. The van der Waals surface area contributed by atoms with E-state index in [1.165, 1.54) is 0 Å². The molecule has 1 aliphatic heterocycles.